The SMILES string of the molecule is CCCCCCc1cc(-c2ccc(-c3ccc(N(c4ccc(-c5ccc6c(c5)C(C)(C)c5cc(-c7ccc(N(c8ccccc8)c8ccc9c(c8)C(C)(C)c8ccccc8-9)cc7)ccc5-6)cc4)c4ccc5c(c4)C(C)(C)c4ccccc4-5)cc3CC)cc2)c(CCCCCC)cc1-c1ccc(-c2ccc(N(c3ccccc3)c3ccc4c(c3)C(C)(C)c3ccccc3-4)cc2C)cc1. The smallest absolute Gasteiger partial charge is 0.0465 e. The average Bonchev–Trinajstić information content (AvgIpc) is 1.58. The fourth-order valence-corrected chi connectivity index (χ4v) is 22.9. The Hall–Kier alpha value is -13.9. The molecule has 0 saturated carbocycles. The third kappa shape index (κ3) is 15.0. The van der Waals surface area contributed by atoms with Gasteiger partial charge in [0.25, 0.3) is 0 Å². The average molecular weight is 1710 g/mol. The minimum absolute atomic E-state index is 0.102. The van der Waals surface area contributed by atoms with Crippen molar-refractivity contribution in [1.29, 1.82) is 0 Å². The summed E-state index contributed by atoms with van der Waals surface area (Å²) < 4.78 is 0. The van der Waals surface area contributed by atoms with Crippen LogP contribution in [0, 0.1) is 6.92 Å². The number of benzene rings is 17. The maximum atomic E-state index is 2.60. The monoisotopic (exact) mass is 1710 g/mol. The minimum atomic E-state index is -0.231. The molecule has 0 unspecified atom stereocenters. The van der Waals surface area contributed by atoms with Gasteiger partial charge in [-0.3, -0.25) is 0 Å². The predicted octanol–water partition coefficient (Wildman–Crippen LogP) is 36.4. The molecule has 4 aliphatic carbocycles. The third-order valence-electron chi connectivity index (χ3n) is 30.2. The summed E-state index contributed by atoms with van der Waals surface area (Å²) in [4.78, 5) is 7.34. The molecule has 17 aromatic rings. The van der Waals surface area contributed by atoms with Crippen molar-refractivity contribution in [2.75, 3.05) is 14.7 Å². The van der Waals surface area contributed by atoms with Crippen LogP contribution in [0.2, 0.25) is 0 Å². The zero-order valence-corrected chi connectivity index (χ0v) is 78.8. The molecule has 0 radical (unpaired) electrons. The summed E-state index contributed by atoms with van der Waals surface area (Å²) in [6.07, 6.45) is 12.7. The van der Waals surface area contributed by atoms with Gasteiger partial charge in [0, 0.05) is 72.8 Å². The van der Waals surface area contributed by atoms with Gasteiger partial charge >= 0.3 is 0 Å². The largest absolute Gasteiger partial charge is 0.310 e. The van der Waals surface area contributed by atoms with E-state index in [2.05, 4.69) is 468 Å². The third-order valence-corrected chi connectivity index (χ3v) is 30.2. The van der Waals surface area contributed by atoms with E-state index < -0.39 is 0 Å². The molecule has 0 fully saturated rings. The highest BCUT2D eigenvalue weighted by molar-refractivity contribution is 5.93. The Kier molecular flexibility index (Phi) is 22.2. The van der Waals surface area contributed by atoms with Crippen LogP contribution in [0.25, 0.3) is 111 Å². The summed E-state index contributed by atoms with van der Waals surface area (Å²) in [5, 5.41) is 0. The molecule has 0 saturated heterocycles. The molecule has 0 amide bonds. The van der Waals surface area contributed by atoms with Crippen LogP contribution in [0.1, 0.15) is 194 Å². The second kappa shape index (κ2) is 34.5. The first-order valence-corrected chi connectivity index (χ1v) is 48.6. The molecular formula is C129H119N3. The van der Waals surface area contributed by atoms with Gasteiger partial charge in [-0.1, -0.05) is 363 Å². The number of fused-ring (bicyclic) bond motifs is 12. The van der Waals surface area contributed by atoms with Crippen molar-refractivity contribution in [2.45, 2.75) is 175 Å². The number of aryl methyl sites for hydroxylation is 4. The molecule has 132 heavy (non-hydrogen) atoms. The van der Waals surface area contributed by atoms with E-state index in [0.717, 1.165) is 64.8 Å². The van der Waals surface area contributed by atoms with Crippen molar-refractivity contribution in [3.63, 3.8) is 0 Å². The van der Waals surface area contributed by atoms with Gasteiger partial charge in [0.1, 0.15) is 0 Å². The van der Waals surface area contributed by atoms with Gasteiger partial charge in [-0.2, -0.15) is 0 Å². The van der Waals surface area contributed by atoms with Crippen molar-refractivity contribution in [2.24, 2.45) is 0 Å². The zero-order valence-electron chi connectivity index (χ0n) is 78.8. The zero-order chi connectivity index (χ0) is 90.3. The summed E-state index contributed by atoms with van der Waals surface area (Å²) in [6.45, 7) is 28.3. The van der Waals surface area contributed by atoms with E-state index in [4.69, 9.17) is 0 Å². The van der Waals surface area contributed by atoms with Crippen molar-refractivity contribution >= 4 is 51.2 Å². The summed E-state index contributed by atoms with van der Waals surface area (Å²) in [7, 11) is 0. The van der Waals surface area contributed by atoms with Crippen LogP contribution >= 0.6 is 0 Å². The Morgan fingerprint density at radius 1 is 0.182 bits per heavy atom. The molecular weight excluding hydrogens is 1590 g/mol. The number of hydrogen-bond donors (Lipinski definition) is 0. The molecule has 0 aromatic heterocycles. The number of para-hydroxylation sites is 2. The second-order valence-corrected chi connectivity index (χ2v) is 39.8. The van der Waals surface area contributed by atoms with E-state index >= 15 is 0 Å². The number of hydrogen-bond acceptors (Lipinski definition) is 3. The number of nitrogens with zero attached hydrogens (tertiary/aromatic N) is 3. The quantitative estimate of drug-likeness (QED) is 0.0500. The van der Waals surface area contributed by atoms with E-state index in [0.29, 0.717) is 0 Å². The normalized spacial score (nSPS) is 13.9. The van der Waals surface area contributed by atoms with E-state index in [1.165, 1.54) is 235 Å². The lowest BCUT2D eigenvalue weighted by atomic mass is 9.81. The van der Waals surface area contributed by atoms with Gasteiger partial charge in [0.15, 0.2) is 0 Å². The van der Waals surface area contributed by atoms with Crippen LogP contribution in [0.5, 0.6) is 0 Å². The summed E-state index contributed by atoms with van der Waals surface area (Å²) in [5.74, 6) is 0. The molecule has 0 bridgehead atoms. The predicted molar refractivity (Wildman–Crippen MR) is 563 cm³/mol. The van der Waals surface area contributed by atoms with Crippen LogP contribution in [0.4, 0.5) is 51.2 Å². The molecule has 0 spiro atoms. The minimum Gasteiger partial charge on any atom is -0.310 e. The summed E-state index contributed by atoms with van der Waals surface area (Å²) >= 11 is 0. The molecule has 4 aliphatic rings. The Labute approximate surface area is 783 Å². The second-order valence-electron chi connectivity index (χ2n) is 39.8. The molecule has 21 rings (SSSR count). The highest BCUT2D eigenvalue weighted by Gasteiger charge is 2.41. The lowest BCUT2D eigenvalue weighted by Gasteiger charge is -2.29. The van der Waals surface area contributed by atoms with Crippen molar-refractivity contribution in [1.82, 2.24) is 0 Å². The molecule has 0 N–H and O–H groups in total. The first kappa shape index (κ1) is 85.0. The molecule has 3 nitrogen and oxygen atoms in total. The Balaban J connectivity index is 0.564. The number of anilines is 9. The molecule has 3 heteroatoms. The van der Waals surface area contributed by atoms with Gasteiger partial charge in [0.05, 0.1) is 0 Å². The van der Waals surface area contributed by atoms with Crippen LogP contribution in [-0.4, -0.2) is 0 Å². The van der Waals surface area contributed by atoms with Gasteiger partial charge in [-0.25, -0.2) is 0 Å². The molecule has 0 aliphatic heterocycles. The molecule has 650 valence electrons. The lowest BCUT2D eigenvalue weighted by Crippen LogP contribution is -2.16. The fourth-order valence-electron chi connectivity index (χ4n) is 22.9. The Bertz CT molecular complexity index is 7240. The van der Waals surface area contributed by atoms with Crippen molar-refractivity contribution in [3.8, 4) is 111 Å². The van der Waals surface area contributed by atoms with Crippen LogP contribution in [0.3, 0.4) is 0 Å². The standard InChI is InChI=1S/C129H119N3/c1-13-16-18-22-34-95-79-117(96(35-23-19-17-14-2)78-116(95)91-50-46-89(47-51-91)106-71-64-101(76-85(106)4)131(98-38-26-21-27-39-98)104-67-74-114-109-41-29-32-44-119(109)127(7,8)124(114)83-104)92-52-48-90(49-53-92)107-72-65-102(77-86(107)15-3)132(105-68-75-115-110-42-30-33-45-120(110)128(9,10)125(115)84-105)100-62-56-88(57-63-100)94-59-70-112-111-69-58-93(80-121(111)129(11,12)122(112)81-94)87-54-60-99(61-55-87)130(97-36-24-20-25-37-97)103-66-73-113-108-40-28-31-43-118(108)126(5,6)123(113)82-103/h20-21,24-33,36-84H,13-19,22-23,34-35H2,1-12H3. The Morgan fingerprint density at radius 3 is 0.818 bits per heavy atom. The first-order chi connectivity index (χ1) is 64.2. The Morgan fingerprint density at radius 2 is 0.447 bits per heavy atom. The van der Waals surface area contributed by atoms with Gasteiger partial charge < -0.3 is 14.7 Å². The maximum absolute atomic E-state index is 2.60. The first-order valence-electron chi connectivity index (χ1n) is 48.6. The van der Waals surface area contributed by atoms with Gasteiger partial charge in [-0.15, -0.1) is 0 Å². The van der Waals surface area contributed by atoms with E-state index in [1.807, 2.05) is 0 Å². The van der Waals surface area contributed by atoms with E-state index in [-0.39, 0.29) is 21.7 Å². The van der Waals surface area contributed by atoms with Gasteiger partial charge in [0.2, 0.25) is 0 Å². The summed E-state index contributed by atoms with van der Waals surface area (Å²) in [5.41, 5.74) is 51.9. The maximum Gasteiger partial charge on any atom is 0.0465 e. The van der Waals surface area contributed by atoms with E-state index in [1.54, 1.807) is 0 Å². The number of unbranched alkanes of at least 4 members (excludes halogenated alkanes) is 6. The highest BCUT2D eigenvalue weighted by Crippen LogP contribution is 2.57. The van der Waals surface area contributed by atoms with Gasteiger partial charge in [-0.05, 0) is 338 Å². The van der Waals surface area contributed by atoms with Crippen molar-refractivity contribution in [3.05, 3.63) is 437 Å². The molecule has 0 atom stereocenters. The molecule has 0 heterocycles. The lowest BCUT2D eigenvalue weighted by molar-refractivity contribution is 0.660. The van der Waals surface area contributed by atoms with Crippen LogP contribution in [0.15, 0.2) is 370 Å². The van der Waals surface area contributed by atoms with E-state index in [9.17, 15) is 0 Å². The molecule has 17 aromatic carbocycles. The number of rotatable bonds is 26. The fraction of sp³-hybridized carbons (Fsp3) is 0.209. The highest BCUT2D eigenvalue weighted by atomic mass is 15.2. The summed E-state index contributed by atoms with van der Waals surface area (Å²) in [6, 6.07) is 142. The van der Waals surface area contributed by atoms with Crippen LogP contribution in [-0.2, 0) is 40.9 Å². The van der Waals surface area contributed by atoms with Crippen LogP contribution < -0.4 is 14.7 Å². The van der Waals surface area contributed by atoms with Crippen molar-refractivity contribution < 1.29 is 0 Å². The topological polar surface area (TPSA) is 9.72 Å².